The van der Waals surface area contributed by atoms with Gasteiger partial charge < -0.3 is 4.74 Å². The van der Waals surface area contributed by atoms with E-state index < -0.39 is 0 Å². The van der Waals surface area contributed by atoms with Gasteiger partial charge in [0.2, 0.25) is 0 Å². The molecule has 1 heterocycles. The Hall–Kier alpha value is -1.12. The fraction of sp³-hybridized carbons (Fsp3) is 0.826. The first kappa shape index (κ1) is 14.9. The number of hydrogen-bond acceptors (Lipinski definition) is 3. The van der Waals surface area contributed by atoms with E-state index in [2.05, 4.69) is 6.92 Å². The van der Waals surface area contributed by atoms with Crippen LogP contribution in [0.15, 0.2) is 11.1 Å². The molecule has 1 spiro atoms. The normalized spacial score (nSPS) is 58.6. The van der Waals surface area contributed by atoms with Crippen molar-refractivity contribution in [2.75, 3.05) is 0 Å². The van der Waals surface area contributed by atoms with Crippen LogP contribution < -0.4 is 0 Å². The molecule has 0 radical (unpaired) electrons. The zero-order valence-corrected chi connectivity index (χ0v) is 15.6. The Labute approximate surface area is 154 Å². The first-order valence-electron chi connectivity index (χ1n) is 11.0. The summed E-state index contributed by atoms with van der Waals surface area (Å²) < 4.78 is 6.19. The summed E-state index contributed by atoms with van der Waals surface area (Å²) in [7, 11) is 0. The molecule has 7 aliphatic rings. The highest BCUT2D eigenvalue weighted by Crippen LogP contribution is 2.80. The largest absolute Gasteiger partial charge is 0.458 e. The predicted molar refractivity (Wildman–Crippen MR) is 94.9 cm³/mol. The number of fused-ring (bicyclic) bond motifs is 11. The average molecular weight is 352 g/mol. The zero-order valence-electron chi connectivity index (χ0n) is 15.6. The van der Waals surface area contributed by atoms with Crippen LogP contribution in [-0.2, 0) is 14.3 Å². The molecule has 3 nitrogen and oxygen atoms in total. The van der Waals surface area contributed by atoms with Gasteiger partial charge in [0.1, 0.15) is 11.4 Å². The fourth-order valence-corrected chi connectivity index (χ4v) is 9.22. The lowest BCUT2D eigenvalue weighted by molar-refractivity contribution is -0.172. The molecule has 5 fully saturated rings. The molecule has 3 unspecified atom stereocenters. The smallest absolute Gasteiger partial charge is 0.306 e. The van der Waals surface area contributed by atoms with Gasteiger partial charge >= 0.3 is 5.97 Å². The van der Waals surface area contributed by atoms with Crippen LogP contribution in [0.3, 0.4) is 0 Å². The number of rotatable bonds is 0. The van der Waals surface area contributed by atoms with Gasteiger partial charge in [-0.1, -0.05) is 18.1 Å². The molecule has 0 aromatic rings. The van der Waals surface area contributed by atoms with Crippen molar-refractivity contribution >= 4 is 11.8 Å². The highest BCUT2D eigenvalue weighted by molar-refractivity contribution is 5.83. The van der Waals surface area contributed by atoms with Crippen LogP contribution in [-0.4, -0.2) is 17.4 Å². The van der Waals surface area contributed by atoms with E-state index in [9.17, 15) is 9.59 Å². The molecule has 0 N–H and O–H groups in total. The molecule has 26 heavy (non-hydrogen) atoms. The maximum Gasteiger partial charge on any atom is 0.306 e. The molecule has 1 aliphatic heterocycles. The van der Waals surface area contributed by atoms with Crippen molar-refractivity contribution < 1.29 is 14.3 Å². The molecule has 9 atom stereocenters. The van der Waals surface area contributed by atoms with Crippen molar-refractivity contribution in [1.82, 2.24) is 0 Å². The van der Waals surface area contributed by atoms with E-state index in [1.165, 1.54) is 25.7 Å². The van der Waals surface area contributed by atoms with Crippen molar-refractivity contribution in [3.05, 3.63) is 11.1 Å². The molecule has 6 aliphatic carbocycles. The molecule has 0 amide bonds. The summed E-state index contributed by atoms with van der Waals surface area (Å²) in [6, 6.07) is 0. The van der Waals surface area contributed by atoms with Gasteiger partial charge in [0, 0.05) is 30.6 Å². The summed E-state index contributed by atoms with van der Waals surface area (Å²) >= 11 is 0. The van der Waals surface area contributed by atoms with Crippen LogP contribution in [0.5, 0.6) is 0 Å². The Bertz CT molecular complexity index is 795. The van der Waals surface area contributed by atoms with E-state index in [-0.39, 0.29) is 17.0 Å². The van der Waals surface area contributed by atoms with Crippen LogP contribution >= 0.6 is 0 Å². The molecular formula is C23H28O3. The Morgan fingerprint density at radius 1 is 0.962 bits per heavy atom. The van der Waals surface area contributed by atoms with Gasteiger partial charge in [0.15, 0.2) is 0 Å². The maximum absolute atomic E-state index is 12.1. The van der Waals surface area contributed by atoms with Crippen molar-refractivity contribution in [2.24, 2.45) is 46.8 Å². The fourth-order valence-electron chi connectivity index (χ4n) is 9.22. The Kier molecular flexibility index (Phi) is 2.46. The lowest BCUT2D eigenvalue weighted by Crippen LogP contribution is -2.54. The van der Waals surface area contributed by atoms with Crippen molar-refractivity contribution in [3.8, 4) is 0 Å². The first-order valence-corrected chi connectivity index (χ1v) is 11.0. The average Bonchev–Trinajstić information content (AvgIpc) is 3.51. The molecule has 0 bridgehead atoms. The van der Waals surface area contributed by atoms with E-state index in [1.807, 2.05) is 0 Å². The first-order chi connectivity index (χ1) is 12.5. The number of Topliss-reactive ketones (excluding diaryl/α,β-unsaturated/α-hetero) is 1. The van der Waals surface area contributed by atoms with Crippen LogP contribution in [0.1, 0.15) is 64.7 Å². The van der Waals surface area contributed by atoms with Crippen LogP contribution in [0.25, 0.3) is 0 Å². The predicted octanol–water partition coefficient (Wildman–Crippen LogP) is 4.06. The third-order valence-corrected chi connectivity index (χ3v) is 10.2. The number of esters is 1. The zero-order chi connectivity index (χ0) is 17.4. The van der Waals surface area contributed by atoms with E-state index in [0.717, 1.165) is 61.2 Å². The number of carbonyl (C=O) groups is 2. The molecule has 138 valence electrons. The van der Waals surface area contributed by atoms with Crippen molar-refractivity contribution in [1.29, 1.82) is 0 Å². The summed E-state index contributed by atoms with van der Waals surface area (Å²) in [5, 5.41) is 0. The summed E-state index contributed by atoms with van der Waals surface area (Å²) in [5.41, 5.74) is 3.40. The minimum atomic E-state index is -0.119. The van der Waals surface area contributed by atoms with Gasteiger partial charge in [-0.05, 0) is 74.0 Å². The topological polar surface area (TPSA) is 43.4 Å². The van der Waals surface area contributed by atoms with E-state index in [4.69, 9.17) is 4.74 Å². The Balaban J connectivity index is 1.32. The number of hydrogen-bond donors (Lipinski definition) is 0. The van der Waals surface area contributed by atoms with Crippen molar-refractivity contribution in [2.45, 2.75) is 70.3 Å². The maximum atomic E-state index is 12.1. The Morgan fingerprint density at radius 3 is 2.65 bits per heavy atom. The minimum absolute atomic E-state index is 0.0587. The van der Waals surface area contributed by atoms with Gasteiger partial charge in [-0.25, -0.2) is 0 Å². The van der Waals surface area contributed by atoms with Gasteiger partial charge in [-0.2, -0.15) is 0 Å². The number of carbonyl (C=O) groups excluding carboxylic acids is 2. The third-order valence-electron chi connectivity index (χ3n) is 10.2. The molecule has 1 saturated heterocycles. The monoisotopic (exact) mass is 352 g/mol. The molecular weight excluding hydrogens is 324 g/mol. The molecule has 4 saturated carbocycles. The summed E-state index contributed by atoms with van der Waals surface area (Å²) in [5.74, 6) is 5.90. The highest BCUT2D eigenvalue weighted by Gasteiger charge is 2.79. The quantitative estimate of drug-likeness (QED) is 0.488. The van der Waals surface area contributed by atoms with Crippen molar-refractivity contribution in [3.63, 3.8) is 0 Å². The van der Waals surface area contributed by atoms with Gasteiger partial charge in [-0.15, -0.1) is 0 Å². The molecule has 3 heteroatoms. The molecule has 7 rings (SSSR count). The molecule has 0 aromatic carbocycles. The second-order valence-electron chi connectivity index (χ2n) is 10.8. The van der Waals surface area contributed by atoms with Gasteiger partial charge in [-0.3, -0.25) is 9.59 Å². The minimum Gasteiger partial charge on any atom is -0.458 e. The lowest BCUT2D eigenvalue weighted by Gasteiger charge is -2.55. The van der Waals surface area contributed by atoms with Gasteiger partial charge in [0.25, 0.3) is 0 Å². The van der Waals surface area contributed by atoms with Crippen LogP contribution in [0, 0.1) is 46.8 Å². The summed E-state index contributed by atoms with van der Waals surface area (Å²) in [4.78, 5) is 24.1. The van der Waals surface area contributed by atoms with E-state index >= 15 is 0 Å². The SMILES string of the molecule is C[C@]12CCC3C4=C(CC(=O)CC4)[C@@H]4C[C@@H]4C3C1[C@@H]1C[C@@H]1[C@@]21CCC(=O)O1. The van der Waals surface area contributed by atoms with Crippen LogP contribution in [0.4, 0.5) is 0 Å². The van der Waals surface area contributed by atoms with E-state index in [0.29, 0.717) is 18.1 Å². The number of ether oxygens (including phenoxy) is 1. The highest BCUT2D eigenvalue weighted by atomic mass is 16.6. The van der Waals surface area contributed by atoms with Gasteiger partial charge in [0.05, 0.1) is 0 Å². The van der Waals surface area contributed by atoms with E-state index in [1.54, 1.807) is 11.1 Å². The summed E-state index contributed by atoms with van der Waals surface area (Å²) in [6.45, 7) is 2.49. The van der Waals surface area contributed by atoms with Crippen LogP contribution in [0.2, 0.25) is 0 Å². The summed E-state index contributed by atoms with van der Waals surface area (Å²) in [6.07, 6.45) is 9.37. The standard InChI is InChI=1S/C23H28O3/c1-22-6-4-13-12-3-2-11(24)8-14(12)15-9-16(15)20(13)21(22)17-10-18(17)23(22)7-5-19(25)26-23/h13,15-18,20-21H,2-10H2,1H3/t13?,15-,16-,17+,18-,20?,21?,22-,23-/m0/s1. The Morgan fingerprint density at radius 2 is 1.85 bits per heavy atom. The lowest BCUT2D eigenvalue weighted by atomic mass is 9.50. The molecule has 0 aromatic heterocycles. The number of ketones is 1. The second-order valence-corrected chi connectivity index (χ2v) is 10.8. The third kappa shape index (κ3) is 1.49. The second kappa shape index (κ2) is 4.31. The number of allylic oxidation sites excluding steroid dienone is 2.